The van der Waals surface area contributed by atoms with Crippen LogP contribution in [0.5, 0.6) is 0 Å². The van der Waals surface area contributed by atoms with Crippen LogP contribution in [-0.2, 0) is 11.3 Å². The van der Waals surface area contributed by atoms with Crippen molar-refractivity contribution in [2.24, 2.45) is 0 Å². The molecule has 0 saturated heterocycles. The third kappa shape index (κ3) is 1.95. The van der Waals surface area contributed by atoms with Crippen molar-refractivity contribution < 1.29 is 9.13 Å². The minimum absolute atomic E-state index is 0.245. The van der Waals surface area contributed by atoms with Crippen molar-refractivity contribution in [1.82, 2.24) is 0 Å². The molecule has 1 rings (SSSR count). The molecule has 0 unspecified atom stereocenters. The van der Waals surface area contributed by atoms with Crippen molar-refractivity contribution in [2.45, 2.75) is 13.5 Å². The van der Waals surface area contributed by atoms with Crippen LogP contribution in [0.4, 0.5) is 10.1 Å². The van der Waals surface area contributed by atoms with Gasteiger partial charge in [-0.05, 0) is 19.1 Å². The molecule has 3 heteroatoms. The first kappa shape index (κ1) is 9.00. The van der Waals surface area contributed by atoms with Gasteiger partial charge in [-0.1, -0.05) is 6.07 Å². The van der Waals surface area contributed by atoms with Gasteiger partial charge in [-0.25, -0.2) is 4.39 Å². The van der Waals surface area contributed by atoms with E-state index in [1.807, 2.05) is 6.92 Å². The molecule has 0 spiro atoms. The molecule has 12 heavy (non-hydrogen) atoms. The van der Waals surface area contributed by atoms with Gasteiger partial charge in [0, 0.05) is 17.9 Å². The monoisotopic (exact) mass is 169 g/mol. The number of ether oxygens (including phenoxy) is 1. The quantitative estimate of drug-likeness (QED) is 0.702. The van der Waals surface area contributed by atoms with Crippen LogP contribution in [-0.4, -0.2) is 6.61 Å². The first-order chi connectivity index (χ1) is 5.75. The lowest BCUT2D eigenvalue weighted by Crippen LogP contribution is -2.00. The smallest absolute Gasteiger partial charge is 0.130 e. The molecular weight excluding hydrogens is 157 g/mol. The Kier molecular flexibility index (Phi) is 3.05. The van der Waals surface area contributed by atoms with Gasteiger partial charge >= 0.3 is 0 Å². The van der Waals surface area contributed by atoms with Gasteiger partial charge in [-0.15, -0.1) is 0 Å². The molecule has 1 aromatic carbocycles. The second kappa shape index (κ2) is 4.07. The van der Waals surface area contributed by atoms with Crippen LogP contribution in [0, 0.1) is 5.82 Å². The summed E-state index contributed by atoms with van der Waals surface area (Å²) in [5.74, 6) is -0.302. The summed E-state index contributed by atoms with van der Waals surface area (Å²) in [7, 11) is 0. The lowest BCUT2D eigenvalue weighted by Gasteiger charge is -2.05. The van der Waals surface area contributed by atoms with Crippen molar-refractivity contribution in [1.29, 1.82) is 0 Å². The summed E-state index contributed by atoms with van der Waals surface area (Å²) < 4.78 is 18.1. The maximum Gasteiger partial charge on any atom is 0.130 e. The van der Waals surface area contributed by atoms with Crippen molar-refractivity contribution in [3.63, 3.8) is 0 Å². The first-order valence-electron chi connectivity index (χ1n) is 3.86. The van der Waals surface area contributed by atoms with Crippen LogP contribution in [0.15, 0.2) is 18.2 Å². The molecule has 2 N–H and O–H groups in total. The van der Waals surface area contributed by atoms with Crippen LogP contribution >= 0.6 is 0 Å². The molecule has 0 heterocycles. The number of hydrogen-bond donors (Lipinski definition) is 1. The molecule has 1 aromatic rings. The molecular formula is C9H12FNO. The summed E-state index contributed by atoms with van der Waals surface area (Å²) in [5.41, 5.74) is 6.43. The summed E-state index contributed by atoms with van der Waals surface area (Å²) in [6.45, 7) is 2.67. The number of rotatable bonds is 3. The second-order valence-corrected chi connectivity index (χ2v) is 2.44. The third-order valence-corrected chi connectivity index (χ3v) is 1.61. The van der Waals surface area contributed by atoms with Crippen LogP contribution in [0.25, 0.3) is 0 Å². The van der Waals surface area contributed by atoms with E-state index in [0.717, 1.165) is 0 Å². The fourth-order valence-electron chi connectivity index (χ4n) is 0.932. The van der Waals surface area contributed by atoms with E-state index in [2.05, 4.69) is 0 Å². The maximum absolute atomic E-state index is 13.0. The highest BCUT2D eigenvalue weighted by atomic mass is 19.1. The van der Waals surface area contributed by atoms with E-state index in [4.69, 9.17) is 10.5 Å². The van der Waals surface area contributed by atoms with Crippen molar-refractivity contribution >= 4 is 5.69 Å². The Morgan fingerprint density at radius 1 is 1.50 bits per heavy atom. The van der Waals surface area contributed by atoms with E-state index in [9.17, 15) is 4.39 Å². The maximum atomic E-state index is 13.0. The van der Waals surface area contributed by atoms with E-state index in [-0.39, 0.29) is 12.4 Å². The number of anilines is 1. The van der Waals surface area contributed by atoms with Crippen LogP contribution < -0.4 is 5.73 Å². The fourth-order valence-corrected chi connectivity index (χ4v) is 0.932. The normalized spacial score (nSPS) is 10.2. The Morgan fingerprint density at radius 3 is 2.83 bits per heavy atom. The van der Waals surface area contributed by atoms with Crippen molar-refractivity contribution in [2.75, 3.05) is 12.3 Å². The number of nitrogens with two attached hydrogens (primary N) is 1. The summed E-state index contributed by atoms with van der Waals surface area (Å²) in [5, 5.41) is 0. The Morgan fingerprint density at radius 2 is 2.25 bits per heavy atom. The molecule has 2 nitrogen and oxygen atoms in total. The minimum atomic E-state index is -0.302. The molecule has 0 aliphatic heterocycles. The third-order valence-electron chi connectivity index (χ3n) is 1.61. The van der Waals surface area contributed by atoms with Crippen LogP contribution in [0.1, 0.15) is 12.5 Å². The molecule has 0 fully saturated rings. The first-order valence-corrected chi connectivity index (χ1v) is 3.86. The zero-order valence-electron chi connectivity index (χ0n) is 7.01. The van der Waals surface area contributed by atoms with Crippen molar-refractivity contribution in [3.8, 4) is 0 Å². The lowest BCUT2D eigenvalue weighted by molar-refractivity contribution is 0.132. The Hall–Kier alpha value is -1.09. The number of nitrogen functional groups attached to an aromatic ring is 1. The molecule has 0 aliphatic rings. The van der Waals surface area contributed by atoms with E-state index >= 15 is 0 Å². The van der Waals surface area contributed by atoms with Gasteiger partial charge in [-0.2, -0.15) is 0 Å². The van der Waals surface area contributed by atoms with Gasteiger partial charge in [0.05, 0.1) is 6.61 Å². The second-order valence-electron chi connectivity index (χ2n) is 2.44. The van der Waals surface area contributed by atoms with E-state index < -0.39 is 0 Å². The predicted octanol–water partition coefficient (Wildman–Crippen LogP) is 1.94. The Balaban J connectivity index is 2.81. The number of halogens is 1. The molecule has 0 amide bonds. The SMILES string of the molecule is CCOCc1c(N)cccc1F. The average Bonchev–Trinajstić information content (AvgIpc) is 2.04. The minimum Gasteiger partial charge on any atom is -0.398 e. The standard InChI is InChI=1S/C9H12FNO/c1-2-12-6-7-8(10)4-3-5-9(7)11/h3-5H,2,6,11H2,1H3. The molecule has 0 aliphatic carbocycles. The largest absolute Gasteiger partial charge is 0.398 e. The van der Waals surface area contributed by atoms with Gasteiger partial charge in [0.1, 0.15) is 5.82 Å². The summed E-state index contributed by atoms with van der Waals surface area (Å²) in [6, 6.07) is 4.63. The zero-order chi connectivity index (χ0) is 8.97. The predicted molar refractivity (Wildman–Crippen MR) is 46.1 cm³/mol. The van der Waals surface area contributed by atoms with Gasteiger partial charge in [0.25, 0.3) is 0 Å². The van der Waals surface area contributed by atoms with Gasteiger partial charge in [0.15, 0.2) is 0 Å². The van der Waals surface area contributed by atoms with Crippen LogP contribution in [0.3, 0.4) is 0 Å². The molecule has 0 radical (unpaired) electrons. The summed E-state index contributed by atoms with van der Waals surface area (Å²) >= 11 is 0. The molecule has 0 saturated carbocycles. The fraction of sp³-hybridized carbons (Fsp3) is 0.333. The van der Waals surface area contributed by atoms with Crippen LogP contribution in [0.2, 0.25) is 0 Å². The Labute approximate surface area is 71.1 Å². The van der Waals surface area contributed by atoms with Gasteiger partial charge in [-0.3, -0.25) is 0 Å². The van der Waals surface area contributed by atoms with E-state index in [1.54, 1.807) is 12.1 Å². The highest BCUT2D eigenvalue weighted by Crippen LogP contribution is 2.16. The van der Waals surface area contributed by atoms with Gasteiger partial charge in [0.2, 0.25) is 0 Å². The molecule has 66 valence electrons. The Bertz CT molecular complexity index is 242. The average molecular weight is 169 g/mol. The summed E-state index contributed by atoms with van der Waals surface area (Å²) in [6.07, 6.45) is 0. The van der Waals surface area contributed by atoms with E-state index in [0.29, 0.717) is 17.9 Å². The number of hydrogen-bond acceptors (Lipinski definition) is 2. The lowest BCUT2D eigenvalue weighted by atomic mass is 10.2. The van der Waals surface area contributed by atoms with E-state index in [1.165, 1.54) is 6.07 Å². The van der Waals surface area contributed by atoms with Gasteiger partial charge < -0.3 is 10.5 Å². The highest BCUT2D eigenvalue weighted by molar-refractivity contribution is 5.46. The molecule has 0 atom stereocenters. The topological polar surface area (TPSA) is 35.2 Å². The number of benzene rings is 1. The highest BCUT2D eigenvalue weighted by Gasteiger charge is 2.04. The van der Waals surface area contributed by atoms with Crippen molar-refractivity contribution in [3.05, 3.63) is 29.6 Å². The summed E-state index contributed by atoms with van der Waals surface area (Å²) in [4.78, 5) is 0. The molecule has 0 aromatic heterocycles. The molecule has 0 bridgehead atoms. The zero-order valence-corrected chi connectivity index (χ0v) is 7.01.